The average Bonchev–Trinajstić information content (AvgIpc) is 2.85. The van der Waals surface area contributed by atoms with E-state index in [1.165, 1.54) is 0 Å². The van der Waals surface area contributed by atoms with Crippen LogP contribution in [0, 0.1) is 5.92 Å². The molecular formula is C27H31NO3. The maximum atomic E-state index is 12.1. The number of ether oxygens (including phenoxy) is 2. The van der Waals surface area contributed by atoms with Crippen molar-refractivity contribution in [3.05, 3.63) is 95.6 Å². The Kier molecular flexibility index (Phi) is 6.59. The van der Waals surface area contributed by atoms with Gasteiger partial charge >= 0.3 is 0 Å². The predicted octanol–water partition coefficient (Wildman–Crippen LogP) is 4.85. The smallest absolute Gasteiger partial charge is 0.123 e. The second-order valence-electron chi connectivity index (χ2n) is 8.23. The molecule has 3 aromatic carbocycles. The number of rotatable bonds is 7. The molecule has 1 aliphatic rings. The van der Waals surface area contributed by atoms with Crippen LogP contribution in [0.15, 0.2) is 78.9 Å². The number of benzene rings is 3. The van der Waals surface area contributed by atoms with Gasteiger partial charge in [-0.2, -0.15) is 0 Å². The molecule has 3 aromatic rings. The molecule has 0 bridgehead atoms. The number of nitrogens with zero attached hydrogens (tertiary/aromatic N) is 1. The molecule has 0 spiro atoms. The van der Waals surface area contributed by atoms with Crippen molar-refractivity contribution in [3.63, 3.8) is 0 Å². The molecule has 0 aliphatic carbocycles. The summed E-state index contributed by atoms with van der Waals surface area (Å²) < 4.78 is 11.0. The van der Waals surface area contributed by atoms with Gasteiger partial charge in [-0.1, -0.05) is 60.7 Å². The summed E-state index contributed by atoms with van der Waals surface area (Å²) >= 11 is 0. The normalized spacial score (nSPS) is 15.6. The van der Waals surface area contributed by atoms with Crippen LogP contribution in [0.2, 0.25) is 0 Å². The molecule has 4 heteroatoms. The molecule has 162 valence electrons. The van der Waals surface area contributed by atoms with E-state index in [1.54, 1.807) is 14.2 Å². The zero-order valence-corrected chi connectivity index (χ0v) is 18.3. The molecule has 1 saturated heterocycles. The molecule has 0 unspecified atom stereocenters. The molecule has 0 amide bonds. The average molecular weight is 418 g/mol. The van der Waals surface area contributed by atoms with Crippen LogP contribution in [0.1, 0.15) is 29.5 Å². The van der Waals surface area contributed by atoms with Gasteiger partial charge in [-0.05, 0) is 61.2 Å². The fraction of sp³-hybridized carbons (Fsp3) is 0.333. The second-order valence-corrected chi connectivity index (χ2v) is 8.23. The van der Waals surface area contributed by atoms with Crippen molar-refractivity contribution in [2.45, 2.75) is 25.0 Å². The van der Waals surface area contributed by atoms with Crippen molar-refractivity contribution in [2.75, 3.05) is 27.3 Å². The number of aliphatic hydroxyl groups is 1. The number of piperidine rings is 1. The van der Waals surface area contributed by atoms with Gasteiger partial charge in [-0.15, -0.1) is 0 Å². The Morgan fingerprint density at radius 2 is 1.42 bits per heavy atom. The summed E-state index contributed by atoms with van der Waals surface area (Å²) in [6.45, 7) is 2.65. The molecule has 1 fully saturated rings. The molecule has 4 rings (SSSR count). The lowest BCUT2D eigenvalue weighted by Crippen LogP contribution is -2.44. The van der Waals surface area contributed by atoms with E-state index in [0.717, 1.165) is 60.7 Å². The number of hydrogen-bond acceptors (Lipinski definition) is 4. The van der Waals surface area contributed by atoms with Gasteiger partial charge in [0.25, 0.3) is 0 Å². The van der Waals surface area contributed by atoms with Crippen LogP contribution in [-0.4, -0.2) is 37.3 Å². The van der Waals surface area contributed by atoms with E-state index in [0.29, 0.717) is 0 Å². The lowest BCUT2D eigenvalue weighted by Gasteiger charge is -2.42. The van der Waals surface area contributed by atoms with E-state index in [2.05, 4.69) is 11.0 Å². The predicted molar refractivity (Wildman–Crippen MR) is 123 cm³/mol. The maximum absolute atomic E-state index is 12.1. The van der Waals surface area contributed by atoms with Gasteiger partial charge in [0, 0.05) is 12.1 Å². The third-order valence-electron chi connectivity index (χ3n) is 6.49. The Morgan fingerprint density at radius 1 is 0.839 bits per heavy atom. The monoisotopic (exact) mass is 417 g/mol. The van der Waals surface area contributed by atoms with Crippen molar-refractivity contribution in [1.82, 2.24) is 4.90 Å². The minimum Gasteiger partial charge on any atom is -0.497 e. The first-order valence-electron chi connectivity index (χ1n) is 10.9. The third kappa shape index (κ3) is 4.46. The SMILES string of the molecule is COc1ccc(OC)c(CN2CCC(C(O)(c3ccccc3)c3ccccc3)CC2)c1. The van der Waals surface area contributed by atoms with Gasteiger partial charge in [0.1, 0.15) is 17.1 Å². The van der Waals surface area contributed by atoms with Gasteiger partial charge in [0.15, 0.2) is 0 Å². The van der Waals surface area contributed by atoms with E-state index in [1.807, 2.05) is 72.8 Å². The van der Waals surface area contributed by atoms with Gasteiger partial charge < -0.3 is 14.6 Å². The Balaban J connectivity index is 1.53. The zero-order valence-electron chi connectivity index (χ0n) is 18.3. The van der Waals surface area contributed by atoms with Crippen molar-refractivity contribution in [2.24, 2.45) is 5.92 Å². The molecule has 31 heavy (non-hydrogen) atoms. The third-order valence-corrected chi connectivity index (χ3v) is 6.49. The standard InChI is InChI=1S/C27H31NO3/c1-30-25-13-14-26(31-2)21(19-25)20-28-17-15-24(16-18-28)27(29,22-9-5-3-6-10-22)23-11-7-4-8-12-23/h3-14,19,24,29H,15-18,20H2,1-2H3. The number of hydrogen-bond donors (Lipinski definition) is 1. The van der Waals surface area contributed by atoms with Crippen LogP contribution in [-0.2, 0) is 12.1 Å². The summed E-state index contributed by atoms with van der Waals surface area (Å²) in [6, 6.07) is 26.1. The summed E-state index contributed by atoms with van der Waals surface area (Å²) in [5.41, 5.74) is 2.08. The van der Waals surface area contributed by atoms with Crippen LogP contribution >= 0.6 is 0 Å². The minimum absolute atomic E-state index is 0.153. The molecule has 0 atom stereocenters. The highest BCUT2D eigenvalue weighted by molar-refractivity contribution is 5.40. The molecular weight excluding hydrogens is 386 g/mol. The molecule has 4 nitrogen and oxygen atoms in total. The van der Waals surface area contributed by atoms with Crippen molar-refractivity contribution in [3.8, 4) is 11.5 Å². The minimum atomic E-state index is -0.984. The fourth-order valence-corrected chi connectivity index (χ4v) is 4.78. The van der Waals surface area contributed by atoms with E-state index in [9.17, 15) is 5.11 Å². The quantitative estimate of drug-likeness (QED) is 0.597. The molecule has 0 saturated carbocycles. The van der Waals surface area contributed by atoms with Gasteiger partial charge in [0.2, 0.25) is 0 Å². The van der Waals surface area contributed by atoms with Crippen LogP contribution in [0.3, 0.4) is 0 Å². The van der Waals surface area contributed by atoms with Crippen molar-refractivity contribution >= 4 is 0 Å². The van der Waals surface area contributed by atoms with E-state index < -0.39 is 5.60 Å². The van der Waals surface area contributed by atoms with Crippen LogP contribution in [0.5, 0.6) is 11.5 Å². The lowest BCUT2D eigenvalue weighted by molar-refractivity contribution is -0.0153. The summed E-state index contributed by atoms with van der Waals surface area (Å²) in [4.78, 5) is 2.43. The van der Waals surface area contributed by atoms with Crippen LogP contribution < -0.4 is 9.47 Å². The summed E-state index contributed by atoms with van der Waals surface area (Å²) in [6.07, 6.45) is 1.85. The Morgan fingerprint density at radius 3 is 1.94 bits per heavy atom. The summed E-state index contributed by atoms with van der Waals surface area (Å²) in [5.74, 6) is 1.88. The highest BCUT2D eigenvalue weighted by atomic mass is 16.5. The van der Waals surface area contributed by atoms with Crippen LogP contribution in [0.25, 0.3) is 0 Å². The molecule has 1 heterocycles. The second kappa shape index (κ2) is 9.54. The molecule has 0 aromatic heterocycles. The van der Waals surface area contributed by atoms with Crippen LogP contribution in [0.4, 0.5) is 0 Å². The highest BCUT2D eigenvalue weighted by Crippen LogP contribution is 2.42. The Labute approximate surface area is 185 Å². The number of methoxy groups -OCH3 is 2. The Bertz CT molecular complexity index is 927. The maximum Gasteiger partial charge on any atom is 0.123 e. The molecule has 1 aliphatic heterocycles. The van der Waals surface area contributed by atoms with E-state index >= 15 is 0 Å². The zero-order chi connectivity index (χ0) is 21.7. The highest BCUT2D eigenvalue weighted by Gasteiger charge is 2.41. The van der Waals surface area contributed by atoms with E-state index in [4.69, 9.17) is 9.47 Å². The fourth-order valence-electron chi connectivity index (χ4n) is 4.78. The molecule has 1 N–H and O–H groups in total. The largest absolute Gasteiger partial charge is 0.497 e. The van der Waals surface area contributed by atoms with Gasteiger partial charge in [-0.25, -0.2) is 0 Å². The Hall–Kier alpha value is -2.82. The van der Waals surface area contributed by atoms with Gasteiger partial charge in [0.05, 0.1) is 14.2 Å². The van der Waals surface area contributed by atoms with Crippen molar-refractivity contribution < 1.29 is 14.6 Å². The first kappa shape index (κ1) is 21.4. The first-order chi connectivity index (χ1) is 15.1. The lowest BCUT2D eigenvalue weighted by atomic mass is 9.72. The molecule has 0 radical (unpaired) electrons. The summed E-state index contributed by atoms with van der Waals surface area (Å²) in [7, 11) is 3.39. The summed E-state index contributed by atoms with van der Waals surface area (Å²) in [5, 5.41) is 12.1. The van der Waals surface area contributed by atoms with Gasteiger partial charge in [-0.3, -0.25) is 4.90 Å². The van der Waals surface area contributed by atoms with E-state index in [-0.39, 0.29) is 5.92 Å². The van der Waals surface area contributed by atoms with Crippen molar-refractivity contribution in [1.29, 1.82) is 0 Å². The topological polar surface area (TPSA) is 41.9 Å². The first-order valence-corrected chi connectivity index (χ1v) is 10.9. The number of likely N-dealkylation sites (tertiary alicyclic amines) is 1.